The Morgan fingerprint density at radius 2 is 1.93 bits per heavy atom. The van der Waals surface area contributed by atoms with Crippen molar-refractivity contribution >= 4 is 0 Å². The Morgan fingerprint density at radius 3 is 2.43 bits per heavy atom. The van der Waals surface area contributed by atoms with Crippen LogP contribution >= 0.6 is 0 Å². The highest BCUT2D eigenvalue weighted by Gasteiger charge is 2.17. The minimum absolute atomic E-state index is 0.376. The van der Waals surface area contributed by atoms with Crippen LogP contribution in [0.4, 0.5) is 0 Å². The molecule has 0 aliphatic carbocycles. The molecule has 0 aliphatic heterocycles. The summed E-state index contributed by atoms with van der Waals surface area (Å²) < 4.78 is 0. The normalized spacial score (nSPS) is 15.1. The number of nitrogens with one attached hydrogen (secondary N) is 1. The van der Waals surface area contributed by atoms with Crippen molar-refractivity contribution in [2.24, 2.45) is 0 Å². The lowest BCUT2D eigenvalue weighted by molar-refractivity contribution is 0.435. The third-order valence-corrected chi connectivity index (χ3v) is 2.50. The van der Waals surface area contributed by atoms with Crippen LogP contribution in [0.25, 0.3) is 0 Å². The van der Waals surface area contributed by atoms with E-state index >= 15 is 0 Å². The van der Waals surface area contributed by atoms with Crippen LogP contribution in [0, 0.1) is 0 Å². The first-order valence-electron chi connectivity index (χ1n) is 5.29. The summed E-state index contributed by atoms with van der Waals surface area (Å²) in [5.74, 6) is 1.31. The van der Waals surface area contributed by atoms with E-state index in [1.807, 2.05) is 6.07 Å². The maximum absolute atomic E-state index is 4.28. The Labute approximate surface area is 86.0 Å². The zero-order valence-electron chi connectivity index (χ0n) is 9.20. The molecule has 1 aromatic rings. The summed E-state index contributed by atoms with van der Waals surface area (Å²) in [6.45, 7) is 7.48. The predicted molar refractivity (Wildman–Crippen MR) is 58.2 cm³/mol. The highest BCUT2D eigenvalue weighted by atomic mass is 14.9. The molecule has 14 heavy (non-hydrogen) atoms. The molecule has 3 nitrogen and oxygen atoms in total. The fourth-order valence-electron chi connectivity index (χ4n) is 1.66. The zero-order chi connectivity index (χ0) is 10.4. The Hall–Kier alpha value is -0.960. The topological polar surface area (TPSA) is 37.8 Å². The van der Waals surface area contributed by atoms with Crippen LogP contribution in [0.3, 0.4) is 0 Å². The molecule has 0 spiro atoms. The van der Waals surface area contributed by atoms with Gasteiger partial charge < -0.3 is 5.32 Å². The number of likely N-dealkylation sites (N-methyl/N-ethyl adjacent to an activating group) is 1. The van der Waals surface area contributed by atoms with Gasteiger partial charge in [0.25, 0.3) is 0 Å². The fourth-order valence-corrected chi connectivity index (χ4v) is 1.66. The van der Waals surface area contributed by atoms with Crippen LogP contribution in [0.2, 0.25) is 0 Å². The number of rotatable bonds is 5. The van der Waals surface area contributed by atoms with E-state index in [0.717, 1.165) is 18.8 Å². The van der Waals surface area contributed by atoms with Gasteiger partial charge in [-0.25, -0.2) is 9.97 Å². The summed E-state index contributed by atoms with van der Waals surface area (Å²) in [4.78, 5) is 8.56. The molecule has 0 fully saturated rings. The summed E-state index contributed by atoms with van der Waals surface area (Å²) >= 11 is 0. The molecule has 1 aromatic heterocycles. The average molecular weight is 193 g/mol. The van der Waals surface area contributed by atoms with E-state index in [2.05, 4.69) is 36.1 Å². The predicted octanol–water partition coefficient (Wildman–Crippen LogP) is 1.97. The molecule has 0 radical (unpaired) electrons. The molecule has 1 N–H and O–H groups in total. The first kappa shape index (κ1) is 11.1. The van der Waals surface area contributed by atoms with Gasteiger partial charge in [0, 0.05) is 24.4 Å². The van der Waals surface area contributed by atoms with E-state index in [9.17, 15) is 0 Å². The average Bonchev–Trinajstić information content (AvgIpc) is 2.26. The van der Waals surface area contributed by atoms with Crippen LogP contribution in [-0.2, 0) is 0 Å². The van der Waals surface area contributed by atoms with E-state index in [0.29, 0.717) is 12.0 Å². The largest absolute Gasteiger partial charge is 0.314 e. The molecule has 3 heteroatoms. The SMILES string of the molecule is CCNC(CC)C(C)c1ncccn1. The molecule has 0 bridgehead atoms. The lowest BCUT2D eigenvalue weighted by Gasteiger charge is -2.21. The molecule has 0 aliphatic rings. The van der Waals surface area contributed by atoms with Gasteiger partial charge in [-0.2, -0.15) is 0 Å². The summed E-state index contributed by atoms with van der Waals surface area (Å²) in [5, 5.41) is 3.45. The molecule has 0 aromatic carbocycles. The maximum atomic E-state index is 4.28. The van der Waals surface area contributed by atoms with Gasteiger partial charge in [-0.15, -0.1) is 0 Å². The molecule has 1 heterocycles. The van der Waals surface area contributed by atoms with Gasteiger partial charge >= 0.3 is 0 Å². The molecule has 2 atom stereocenters. The van der Waals surface area contributed by atoms with Crippen molar-refractivity contribution in [3.8, 4) is 0 Å². The van der Waals surface area contributed by atoms with Crippen molar-refractivity contribution in [2.45, 2.75) is 39.2 Å². The molecule has 2 unspecified atom stereocenters. The molecule has 0 amide bonds. The second kappa shape index (κ2) is 5.70. The van der Waals surface area contributed by atoms with Gasteiger partial charge in [0.2, 0.25) is 0 Å². The van der Waals surface area contributed by atoms with Crippen molar-refractivity contribution in [3.63, 3.8) is 0 Å². The monoisotopic (exact) mass is 193 g/mol. The van der Waals surface area contributed by atoms with Gasteiger partial charge in [0.15, 0.2) is 0 Å². The van der Waals surface area contributed by atoms with Gasteiger partial charge in [0.05, 0.1) is 0 Å². The molecule has 1 rings (SSSR count). The van der Waals surface area contributed by atoms with Crippen molar-refractivity contribution in [2.75, 3.05) is 6.54 Å². The second-order valence-electron chi connectivity index (χ2n) is 3.47. The van der Waals surface area contributed by atoms with Crippen LogP contribution in [0.15, 0.2) is 18.5 Å². The van der Waals surface area contributed by atoms with Crippen molar-refractivity contribution < 1.29 is 0 Å². The van der Waals surface area contributed by atoms with E-state index < -0.39 is 0 Å². The van der Waals surface area contributed by atoms with Crippen LogP contribution in [-0.4, -0.2) is 22.6 Å². The molecular formula is C11H19N3. The minimum atomic E-state index is 0.376. The molecule has 0 saturated carbocycles. The van der Waals surface area contributed by atoms with E-state index in [4.69, 9.17) is 0 Å². The van der Waals surface area contributed by atoms with Crippen molar-refractivity contribution in [3.05, 3.63) is 24.3 Å². The third kappa shape index (κ3) is 2.77. The van der Waals surface area contributed by atoms with Crippen LogP contribution < -0.4 is 5.32 Å². The lowest BCUT2D eigenvalue weighted by Crippen LogP contribution is -2.33. The number of hydrogen-bond acceptors (Lipinski definition) is 3. The first-order valence-corrected chi connectivity index (χ1v) is 5.29. The van der Waals surface area contributed by atoms with E-state index in [1.54, 1.807) is 12.4 Å². The molecular weight excluding hydrogens is 174 g/mol. The molecule has 78 valence electrons. The van der Waals surface area contributed by atoms with E-state index in [-0.39, 0.29) is 0 Å². The summed E-state index contributed by atoms with van der Waals surface area (Å²) in [5.41, 5.74) is 0. The van der Waals surface area contributed by atoms with Crippen molar-refractivity contribution in [1.82, 2.24) is 15.3 Å². The lowest BCUT2D eigenvalue weighted by atomic mass is 9.99. The second-order valence-corrected chi connectivity index (χ2v) is 3.47. The third-order valence-electron chi connectivity index (χ3n) is 2.50. The first-order chi connectivity index (χ1) is 6.79. The van der Waals surface area contributed by atoms with Gasteiger partial charge in [-0.05, 0) is 19.0 Å². The number of nitrogens with zero attached hydrogens (tertiary/aromatic N) is 2. The van der Waals surface area contributed by atoms with Crippen LogP contribution in [0.5, 0.6) is 0 Å². The summed E-state index contributed by atoms with van der Waals surface area (Å²) in [6.07, 6.45) is 4.71. The molecule has 0 saturated heterocycles. The Morgan fingerprint density at radius 1 is 1.29 bits per heavy atom. The summed E-state index contributed by atoms with van der Waals surface area (Å²) in [7, 11) is 0. The van der Waals surface area contributed by atoms with Gasteiger partial charge in [-0.1, -0.05) is 20.8 Å². The smallest absolute Gasteiger partial charge is 0.132 e. The Kier molecular flexibility index (Phi) is 4.53. The maximum Gasteiger partial charge on any atom is 0.132 e. The fraction of sp³-hybridized carbons (Fsp3) is 0.636. The van der Waals surface area contributed by atoms with Gasteiger partial charge in [0.1, 0.15) is 5.82 Å². The van der Waals surface area contributed by atoms with Crippen LogP contribution in [0.1, 0.15) is 38.9 Å². The van der Waals surface area contributed by atoms with E-state index in [1.165, 1.54) is 0 Å². The highest BCUT2D eigenvalue weighted by molar-refractivity contribution is 4.99. The number of aromatic nitrogens is 2. The summed E-state index contributed by atoms with van der Waals surface area (Å²) in [6, 6.07) is 2.33. The Balaban J connectivity index is 2.67. The Bertz CT molecular complexity index is 248. The zero-order valence-corrected chi connectivity index (χ0v) is 9.20. The quantitative estimate of drug-likeness (QED) is 0.777. The standard InChI is InChI=1S/C11H19N3/c1-4-10(12-5-2)9(3)11-13-7-6-8-14-11/h6-10,12H,4-5H2,1-3H3. The number of hydrogen-bond donors (Lipinski definition) is 1. The van der Waals surface area contributed by atoms with Gasteiger partial charge in [-0.3, -0.25) is 0 Å². The van der Waals surface area contributed by atoms with Crippen molar-refractivity contribution in [1.29, 1.82) is 0 Å². The highest BCUT2D eigenvalue weighted by Crippen LogP contribution is 2.16. The minimum Gasteiger partial charge on any atom is -0.314 e.